The van der Waals surface area contributed by atoms with Crippen molar-refractivity contribution in [3.63, 3.8) is 0 Å². The average molecular weight is 789 g/mol. The van der Waals surface area contributed by atoms with Crippen LogP contribution < -0.4 is 0 Å². The number of hydrogen-bond donors (Lipinski definition) is 0. The van der Waals surface area contributed by atoms with E-state index in [1.165, 1.54) is 74.9 Å². The van der Waals surface area contributed by atoms with Crippen molar-refractivity contribution in [2.75, 3.05) is 0 Å². The van der Waals surface area contributed by atoms with Gasteiger partial charge in [0.2, 0.25) is 0 Å². The maximum absolute atomic E-state index is 5.36. The van der Waals surface area contributed by atoms with Crippen molar-refractivity contribution in [1.29, 1.82) is 0 Å². The SMILES string of the molecule is CC1(c2ccccc2)c2cc(-c3ccc4c(c3)c3ccccc3n4-c3cc(-c4ccccc4)cc(-c4ccccc4)n3)ccc2-c2c1ccc1c2Sc2ccccc2S1. The molecule has 2 aromatic heterocycles. The van der Waals surface area contributed by atoms with Gasteiger partial charge in [0.1, 0.15) is 5.82 Å². The summed E-state index contributed by atoms with van der Waals surface area (Å²) in [6.45, 7) is 2.43. The van der Waals surface area contributed by atoms with E-state index in [-0.39, 0.29) is 5.41 Å². The van der Waals surface area contributed by atoms with Crippen molar-refractivity contribution in [1.82, 2.24) is 9.55 Å². The maximum Gasteiger partial charge on any atom is 0.138 e. The summed E-state index contributed by atoms with van der Waals surface area (Å²) < 4.78 is 2.34. The zero-order valence-corrected chi connectivity index (χ0v) is 33.9. The van der Waals surface area contributed by atoms with Crippen LogP contribution in [0.1, 0.15) is 23.6 Å². The Hall–Kier alpha value is -6.59. The molecular formula is C55H36N2S2. The number of hydrogen-bond acceptors (Lipinski definition) is 3. The second-order valence-corrected chi connectivity index (χ2v) is 17.8. The minimum Gasteiger partial charge on any atom is -0.294 e. The predicted octanol–water partition coefficient (Wildman–Crippen LogP) is 15.1. The lowest BCUT2D eigenvalue weighted by Crippen LogP contribution is -2.22. The fourth-order valence-electron chi connectivity index (χ4n) is 9.44. The molecule has 3 heterocycles. The molecule has 0 spiro atoms. The van der Waals surface area contributed by atoms with E-state index >= 15 is 0 Å². The zero-order valence-electron chi connectivity index (χ0n) is 32.3. The van der Waals surface area contributed by atoms with E-state index in [0.29, 0.717) is 0 Å². The summed E-state index contributed by atoms with van der Waals surface area (Å²) in [4.78, 5) is 10.7. The van der Waals surface area contributed by atoms with Gasteiger partial charge in [0.15, 0.2) is 0 Å². The standard InChI is InChI=1S/C55H36N2S2/c1-55(40-19-9-4-10-20-40)44-28-30-51-54(59-50-24-14-13-23-49(50)58-51)53(44)42-27-25-38(32-45(42)55)37-26-29-48-43(31-37)41-21-11-12-22-47(41)57(48)52-34-39(35-15-5-2-6-16-35)33-46(56-52)36-17-7-3-8-18-36/h2-34H,1H3. The Labute approximate surface area is 352 Å². The summed E-state index contributed by atoms with van der Waals surface area (Å²) in [7, 11) is 0. The van der Waals surface area contributed by atoms with Gasteiger partial charge in [-0.2, -0.15) is 0 Å². The molecular weight excluding hydrogens is 753 g/mol. The van der Waals surface area contributed by atoms with Crippen molar-refractivity contribution in [3.05, 3.63) is 217 Å². The third-order valence-electron chi connectivity index (χ3n) is 12.3. The van der Waals surface area contributed by atoms with Crippen LogP contribution in [0.3, 0.4) is 0 Å². The first kappa shape index (κ1) is 34.5. The van der Waals surface area contributed by atoms with E-state index in [1.807, 2.05) is 23.5 Å². The Morgan fingerprint density at radius 3 is 1.88 bits per heavy atom. The molecule has 0 saturated heterocycles. The number of nitrogens with zero attached hydrogens (tertiary/aromatic N) is 2. The van der Waals surface area contributed by atoms with Crippen LogP contribution in [-0.2, 0) is 5.41 Å². The van der Waals surface area contributed by atoms with Gasteiger partial charge in [-0.05, 0) is 106 Å². The fraction of sp³-hybridized carbons (Fsp3) is 0.0364. The Kier molecular flexibility index (Phi) is 7.88. The molecule has 0 N–H and O–H groups in total. The molecule has 1 atom stereocenters. The van der Waals surface area contributed by atoms with E-state index in [2.05, 4.69) is 212 Å². The van der Waals surface area contributed by atoms with E-state index in [9.17, 15) is 0 Å². The van der Waals surface area contributed by atoms with Gasteiger partial charge in [0.25, 0.3) is 0 Å². The molecule has 59 heavy (non-hydrogen) atoms. The molecule has 1 aliphatic carbocycles. The van der Waals surface area contributed by atoms with Gasteiger partial charge in [0.05, 0.1) is 16.7 Å². The van der Waals surface area contributed by atoms with E-state index in [1.54, 1.807) is 0 Å². The molecule has 2 aliphatic rings. The smallest absolute Gasteiger partial charge is 0.138 e. The first-order valence-corrected chi connectivity index (χ1v) is 21.7. The normalized spacial score (nSPS) is 15.1. The van der Waals surface area contributed by atoms with Crippen molar-refractivity contribution in [3.8, 4) is 50.5 Å². The van der Waals surface area contributed by atoms with Crippen molar-refractivity contribution in [2.45, 2.75) is 31.9 Å². The van der Waals surface area contributed by atoms with Gasteiger partial charge in [-0.25, -0.2) is 4.98 Å². The molecule has 0 fully saturated rings. The van der Waals surface area contributed by atoms with Gasteiger partial charge in [-0.1, -0.05) is 169 Å². The topological polar surface area (TPSA) is 17.8 Å². The zero-order chi connectivity index (χ0) is 39.1. The highest BCUT2D eigenvalue weighted by Gasteiger charge is 2.43. The number of rotatable bonds is 5. The monoisotopic (exact) mass is 788 g/mol. The lowest BCUT2D eigenvalue weighted by molar-refractivity contribution is 0.712. The molecule has 8 aromatic carbocycles. The number of benzene rings is 8. The maximum atomic E-state index is 5.36. The number of aromatic nitrogens is 2. The highest BCUT2D eigenvalue weighted by atomic mass is 32.2. The highest BCUT2D eigenvalue weighted by Crippen LogP contribution is 2.60. The minimum absolute atomic E-state index is 0.314. The van der Waals surface area contributed by atoms with Gasteiger partial charge in [0, 0.05) is 46.9 Å². The second-order valence-electron chi connectivity index (χ2n) is 15.6. The lowest BCUT2D eigenvalue weighted by Gasteiger charge is -2.29. The molecule has 0 bridgehead atoms. The van der Waals surface area contributed by atoms with Crippen LogP contribution >= 0.6 is 23.5 Å². The first-order valence-electron chi connectivity index (χ1n) is 20.1. The van der Waals surface area contributed by atoms with Crippen molar-refractivity contribution < 1.29 is 0 Å². The summed E-state index contributed by atoms with van der Waals surface area (Å²) in [6, 6.07) is 73.1. The lowest BCUT2D eigenvalue weighted by atomic mass is 9.74. The fourth-order valence-corrected chi connectivity index (χ4v) is 11.9. The van der Waals surface area contributed by atoms with Crippen molar-refractivity contribution >= 4 is 45.3 Å². The molecule has 2 nitrogen and oxygen atoms in total. The molecule has 1 unspecified atom stereocenters. The van der Waals surface area contributed by atoms with Gasteiger partial charge in [-0.3, -0.25) is 4.57 Å². The van der Waals surface area contributed by atoms with Gasteiger partial charge in [-0.15, -0.1) is 0 Å². The molecule has 1 aliphatic heterocycles. The number of pyridine rings is 1. The quantitative estimate of drug-likeness (QED) is 0.173. The van der Waals surface area contributed by atoms with Crippen LogP contribution in [0.2, 0.25) is 0 Å². The Morgan fingerprint density at radius 1 is 0.441 bits per heavy atom. The summed E-state index contributed by atoms with van der Waals surface area (Å²) in [5.74, 6) is 0.903. The molecule has 0 radical (unpaired) electrons. The number of para-hydroxylation sites is 1. The van der Waals surface area contributed by atoms with Crippen LogP contribution in [0.4, 0.5) is 0 Å². The van der Waals surface area contributed by atoms with Crippen LogP contribution in [-0.4, -0.2) is 9.55 Å². The summed E-state index contributed by atoms with van der Waals surface area (Å²) in [5.41, 5.74) is 15.5. The Balaban J connectivity index is 1.03. The second kappa shape index (κ2) is 13.5. The van der Waals surface area contributed by atoms with E-state index < -0.39 is 0 Å². The first-order chi connectivity index (χ1) is 29.1. The summed E-state index contributed by atoms with van der Waals surface area (Å²) in [5, 5.41) is 2.42. The minimum atomic E-state index is -0.314. The predicted molar refractivity (Wildman–Crippen MR) is 247 cm³/mol. The Morgan fingerprint density at radius 2 is 1.08 bits per heavy atom. The Bertz CT molecular complexity index is 3220. The van der Waals surface area contributed by atoms with Crippen LogP contribution in [0.15, 0.2) is 220 Å². The number of fused-ring (bicyclic) bond motifs is 9. The van der Waals surface area contributed by atoms with Crippen molar-refractivity contribution in [2.24, 2.45) is 0 Å². The molecule has 278 valence electrons. The van der Waals surface area contributed by atoms with E-state index in [0.717, 1.165) is 33.7 Å². The van der Waals surface area contributed by atoms with Gasteiger partial charge >= 0.3 is 0 Å². The molecule has 4 heteroatoms. The third kappa shape index (κ3) is 5.40. The molecule has 12 rings (SSSR count). The molecule has 0 amide bonds. The summed E-state index contributed by atoms with van der Waals surface area (Å²) >= 11 is 3.81. The van der Waals surface area contributed by atoms with Crippen LogP contribution in [0.5, 0.6) is 0 Å². The van der Waals surface area contributed by atoms with E-state index in [4.69, 9.17) is 4.98 Å². The van der Waals surface area contributed by atoms with Crippen LogP contribution in [0, 0.1) is 0 Å². The average Bonchev–Trinajstić information content (AvgIpc) is 3.78. The molecule has 0 saturated carbocycles. The molecule has 10 aromatic rings. The van der Waals surface area contributed by atoms with Crippen LogP contribution in [0.25, 0.3) is 72.3 Å². The highest BCUT2D eigenvalue weighted by molar-refractivity contribution is 8.05. The summed E-state index contributed by atoms with van der Waals surface area (Å²) in [6.07, 6.45) is 0. The van der Waals surface area contributed by atoms with Gasteiger partial charge < -0.3 is 0 Å². The third-order valence-corrected chi connectivity index (χ3v) is 14.9. The largest absolute Gasteiger partial charge is 0.294 e.